The maximum atomic E-state index is 13.4. The van der Waals surface area contributed by atoms with E-state index in [0.717, 1.165) is 42.6 Å². The van der Waals surface area contributed by atoms with Crippen molar-refractivity contribution >= 4 is 6.03 Å². The Labute approximate surface area is 198 Å². The molecule has 0 aromatic heterocycles. The van der Waals surface area contributed by atoms with E-state index in [1.165, 1.54) is 38.5 Å². The number of urea groups is 1. The Morgan fingerprint density at radius 2 is 1.58 bits per heavy atom. The molecule has 4 rings (SSSR count). The molecule has 0 bridgehead atoms. The average Bonchev–Trinajstić information content (AvgIpc) is 2.88. The van der Waals surface area contributed by atoms with Crippen LogP contribution in [0.15, 0.2) is 48.5 Å². The number of carbonyl (C=O) groups is 1. The standard InChI is InChI=1S/C28H38N2O3/c1-32-26-18-17-23(19-27(26)33-21-22-11-5-2-6-12-22)20-30(25-15-9-4-10-16-25)28(31)29-24-13-7-3-8-14-24/h2,5-6,11-12,17-19,24-25H,3-4,7-10,13-16,20-21H2,1H3,(H,29,31). The minimum atomic E-state index is 0.0939. The number of methoxy groups -OCH3 is 1. The first kappa shape index (κ1) is 23.5. The molecule has 2 aromatic carbocycles. The van der Waals surface area contributed by atoms with E-state index in [0.29, 0.717) is 31.0 Å². The van der Waals surface area contributed by atoms with Crippen LogP contribution in [0.1, 0.15) is 75.3 Å². The van der Waals surface area contributed by atoms with Gasteiger partial charge in [-0.1, -0.05) is 74.9 Å². The summed E-state index contributed by atoms with van der Waals surface area (Å²) in [6.45, 7) is 1.07. The molecule has 2 saturated carbocycles. The molecule has 2 aliphatic carbocycles. The van der Waals surface area contributed by atoms with E-state index in [4.69, 9.17) is 9.47 Å². The Kier molecular flexibility index (Phi) is 8.51. The van der Waals surface area contributed by atoms with Crippen LogP contribution in [0, 0.1) is 0 Å². The van der Waals surface area contributed by atoms with E-state index < -0.39 is 0 Å². The van der Waals surface area contributed by atoms with E-state index in [2.05, 4.69) is 28.4 Å². The molecule has 0 atom stereocenters. The third kappa shape index (κ3) is 6.66. The highest BCUT2D eigenvalue weighted by atomic mass is 16.5. The second-order valence-electron chi connectivity index (χ2n) is 9.46. The zero-order chi connectivity index (χ0) is 22.9. The third-order valence-electron chi connectivity index (χ3n) is 7.03. The summed E-state index contributed by atoms with van der Waals surface area (Å²) in [7, 11) is 1.66. The van der Waals surface area contributed by atoms with Gasteiger partial charge >= 0.3 is 6.03 Å². The van der Waals surface area contributed by atoms with Gasteiger partial charge in [0.05, 0.1) is 7.11 Å². The summed E-state index contributed by atoms with van der Waals surface area (Å²) in [5.41, 5.74) is 2.18. The molecular weight excluding hydrogens is 412 g/mol. The van der Waals surface area contributed by atoms with Crippen LogP contribution in [0.2, 0.25) is 0 Å². The van der Waals surface area contributed by atoms with Gasteiger partial charge in [0.25, 0.3) is 0 Å². The number of hydrogen-bond acceptors (Lipinski definition) is 3. The van der Waals surface area contributed by atoms with E-state index in [1.807, 2.05) is 30.3 Å². The highest BCUT2D eigenvalue weighted by Gasteiger charge is 2.28. The average molecular weight is 451 g/mol. The molecule has 2 aromatic rings. The molecule has 1 N–H and O–H groups in total. The molecule has 33 heavy (non-hydrogen) atoms. The number of nitrogens with zero attached hydrogens (tertiary/aromatic N) is 1. The summed E-state index contributed by atoms with van der Waals surface area (Å²) >= 11 is 0. The van der Waals surface area contributed by atoms with Crippen LogP contribution in [0.25, 0.3) is 0 Å². The van der Waals surface area contributed by atoms with Gasteiger partial charge in [0.15, 0.2) is 11.5 Å². The Morgan fingerprint density at radius 1 is 0.879 bits per heavy atom. The van der Waals surface area contributed by atoms with Gasteiger partial charge in [-0.25, -0.2) is 4.79 Å². The van der Waals surface area contributed by atoms with Gasteiger partial charge in [0.2, 0.25) is 0 Å². The molecular formula is C28H38N2O3. The van der Waals surface area contributed by atoms with Crippen molar-refractivity contribution in [2.24, 2.45) is 0 Å². The molecule has 0 unspecified atom stereocenters. The number of hydrogen-bond donors (Lipinski definition) is 1. The molecule has 0 spiro atoms. The maximum absolute atomic E-state index is 13.4. The molecule has 2 aliphatic rings. The lowest BCUT2D eigenvalue weighted by Crippen LogP contribution is -2.49. The zero-order valence-electron chi connectivity index (χ0n) is 19.9. The van der Waals surface area contributed by atoms with E-state index in [1.54, 1.807) is 7.11 Å². The molecule has 178 valence electrons. The quantitative estimate of drug-likeness (QED) is 0.503. The van der Waals surface area contributed by atoms with Crippen LogP contribution < -0.4 is 14.8 Å². The molecule has 5 nitrogen and oxygen atoms in total. The third-order valence-corrected chi connectivity index (χ3v) is 7.03. The first-order valence-electron chi connectivity index (χ1n) is 12.6. The van der Waals surface area contributed by atoms with Gasteiger partial charge in [0, 0.05) is 18.6 Å². The predicted octanol–water partition coefficient (Wildman–Crippen LogP) is 6.45. The summed E-state index contributed by atoms with van der Waals surface area (Å²) in [4.78, 5) is 15.5. The van der Waals surface area contributed by atoms with E-state index >= 15 is 0 Å². The summed E-state index contributed by atoms with van der Waals surface area (Å²) in [6.07, 6.45) is 11.8. The Bertz CT molecular complexity index is 874. The van der Waals surface area contributed by atoms with Gasteiger partial charge in [-0.2, -0.15) is 0 Å². The minimum Gasteiger partial charge on any atom is -0.493 e. The van der Waals surface area contributed by atoms with Crippen LogP contribution >= 0.6 is 0 Å². The SMILES string of the molecule is COc1ccc(CN(C(=O)NC2CCCCC2)C2CCCCC2)cc1OCc1ccccc1. The minimum absolute atomic E-state index is 0.0939. The van der Waals surface area contributed by atoms with Crippen molar-refractivity contribution < 1.29 is 14.3 Å². The first-order valence-corrected chi connectivity index (χ1v) is 12.6. The lowest BCUT2D eigenvalue weighted by molar-refractivity contribution is 0.145. The number of amides is 2. The molecule has 5 heteroatoms. The lowest BCUT2D eigenvalue weighted by atomic mass is 9.93. The van der Waals surface area contributed by atoms with Crippen molar-refractivity contribution in [3.63, 3.8) is 0 Å². The largest absolute Gasteiger partial charge is 0.493 e. The fourth-order valence-corrected chi connectivity index (χ4v) is 5.13. The first-order chi connectivity index (χ1) is 16.2. The Hall–Kier alpha value is -2.69. The molecule has 0 heterocycles. The van der Waals surface area contributed by atoms with Crippen LogP contribution in [0.4, 0.5) is 4.79 Å². The van der Waals surface area contributed by atoms with Crippen LogP contribution in [-0.2, 0) is 13.2 Å². The summed E-state index contributed by atoms with van der Waals surface area (Å²) in [5.74, 6) is 1.43. The maximum Gasteiger partial charge on any atom is 0.318 e. The van der Waals surface area contributed by atoms with Gasteiger partial charge in [-0.3, -0.25) is 0 Å². The Morgan fingerprint density at radius 3 is 2.27 bits per heavy atom. The summed E-state index contributed by atoms with van der Waals surface area (Å²) in [6, 6.07) is 16.9. The van der Waals surface area contributed by atoms with Gasteiger partial charge in [-0.05, 0) is 48.9 Å². The second kappa shape index (κ2) is 12.0. The number of carbonyl (C=O) groups excluding carboxylic acids is 1. The predicted molar refractivity (Wildman–Crippen MR) is 132 cm³/mol. The lowest BCUT2D eigenvalue weighted by Gasteiger charge is -2.36. The molecule has 2 fully saturated rings. The van der Waals surface area contributed by atoms with Crippen molar-refractivity contribution in [3.05, 3.63) is 59.7 Å². The van der Waals surface area contributed by atoms with Gasteiger partial charge in [0.1, 0.15) is 6.61 Å². The second-order valence-corrected chi connectivity index (χ2v) is 9.46. The van der Waals surface area contributed by atoms with Crippen molar-refractivity contribution in [3.8, 4) is 11.5 Å². The number of ether oxygens (including phenoxy) is 2. The molecule has 0 saturated heterocycles. The smallest absolute Gasteiger partial charge is 0.318 e. The molecule has 0 aliphatic heterocycles. The van der Waals surface area contributed by atoms with Crippen LogP contribution in [-0.4, -0.2) is 30.1 Å². The monoisotopic (exact) mass is 450 g/mol. The Balaban J connectivity index is 1.48. The van der Waals surface area contributed by atoms with E-state index in [9.17, 15) is 4.79 Å². The van der Waals surface area contributed by atoms with Gasteiger partial charge in [-0.15, -0.1) is 0 Å². The number of rotatable bonds is 8. The van der Waals surface area contributed by atoms with Gasteiger partial charge < -0.3 is 19.7 Å². The number of benzene rings is 2. The normalized spacial score (nSPS) is 17.4. The fraction of sp³-hybridized carbons (Fsp3) is 0.536. The van der Waals surface area contributed by atoms with Crippen LogP contribution in [0.3, 0.4) is 0 Å². The highest BCUT2D eigenvalue weighted by molar-refractivity contribution is 5.75. The summed E-state index contributed by atoms with van der Waals surface area (Å²) in [5, 5.41) is 3.35. The highest BCUT2D eigenvalue weighted by Crippen LogP contribution is 2.31. The van der Waals surface area contributed by atoms with Crippen molar-refractivity contribution in [2.75, 3.05) is 7.11 Å². The zero-order valence-corrected chi connectivity index (χ0v) is 19.9. The van der Waals surface area contributed by atoms with Crippen molar-refractivity contribution in [1.82, 2.24) is 10.2 Å². The topological polar surface area (TPSA) is 50.8 Å². The number of nitrogens with one attached hydrogen (secondary N) is 1. The van der Waals surface area contributed by atoms with E-state index in [-0.39, 0.29) is 6.03 Å². The van der Waals surface area contributed by atoms with Crippen LogP contribution in [0.5, 0.6) is 11.5 Å². The van der Waals surface area contributed by atoms with Crippen molar-refractivity contribution in [1.29, 1.82) is 0 Å². The van der Waals surface area contributed by atoms with Crippen molar-refractivity contribution in [2.45, 2.75) is 89.4 Å². The molecule has 0 radical (unpaired) electrons. The molecule has 2 amide bonds. The summed E-state index contributed by atoms with van der Waals surface area (Å²) < 4.78 is 11.7. The fourth-order valence-electron chi connectivity index (χ4n) is 5.13.